The van der Waals surface area contributed by atoms with Crippen LogP contribution < -0.4 is 0 Å². The fourth-order valence-corrected chi connectivity index (χ4v) is 5.70. The number of carbonyl (C=O) groups is 1. The summed E-state index contributed by atoms with van der Waals surface area (Å²) >= 11 is 0. The van der Waals surface area contributed by atoms with Crippen molar-refractivity contribution >= 4 is 15.9 Å². The summed E-state index contributed by atoms with van der Waals surface area (Å²) in [4.78, 5) is 18.7. The second-order valence-electron chi connectivity index (χ2n) is 7.47. The van der Waals surface area contributed by atoms with Gasteiger partial charge in [-0.2, -0.15) is 0 Å². The van der Waals surface area contributed by atoms with Crippen molar-refractivity contribution in [2.24, 2.45) is 5.92 Å². The van der Waals surface area contributed by atoms with Gasteiger partial charge in [-0.1, -0.05) is 18.9 Å². The van der Waals surface area contributed by atoms with Crippen LogP contribution in [0.25, 0.3) is 0 Å². The normalized spacial score (nSPS) is 22.1. The minimum Gasteiger partial charge on any atom is -0.341 e. The molecule has 0 spiro atoms. The molecule has 1 aromatic rings. The molecule has 1 aliphatic carbocycles. The van der Waals surface area contributed by atoms with Crippen molar-refractivity contribution in [2.45, 2.75) is 50.2 Å². The lowest BCUT2D eigenvalue weighted by atomic mass is 10.0. The highest BCUT2D eigenvalue weighted by Gasteiger charge is 2.37. The number of carbonyl (C=O) groups excluding carboxylic acids is 1. The van der Waals surface area contributed by atoms with Crippen molar-refractivity contribution in [1.82, 2.24) is 14.2 Å². The number of aromatic nitrogens is 1. The lowest BCUT2D eigenvalue weighted by Gasteiger charge is -2.35. The first kappa shape index (κ1) is 19.3. The van der Waals surface area contributed by atoms with E-state index < -0.39 is 15.3 Å². The summed E-state index contributed by atoms with van der Waals surface area (Å²) in [6.07, 6.45) is 7.84. The maximum atomic E-state index is 13.0. The molecule has 1 saturated heterocycles. The lowest BCUT2D eigenvalue weighted by molar-refractivity contribution is -0.136. The van der Waals surface area contributed by atoms with Crippen molar-refractivity contribution in [3.8, 4) is 0 Å². The highest BCUT2D eigenvalue weighted by atomic mass is 32.2. The van der Waals surface area contributed by atoms with Crippen LogP contribution in [0, 0.1) is 5.92 Å². The molecule has 0 N–H and O–H groups in total. The van der Waals surface area contributed by atoms with Crippen molar-refractivity contribution in [3.05, 3.63) is 30.1 Å². The summed E-state index contributed by atoms with van der Waals surface area (Å²) in [7, 11) is -1.78. The van der Waals surface area contributed by atoms with E-state index in [1.807, 2.05) is 18.2 Å². The van der Waals surface area contributed by atoms with Gasteiger partial charge in [0.25, 0.3) is 0 Å². The summed E-state index contributed by atoms with van der Waals surface area (Å²) in [6, 6.07) is 5.66. The number of piperidine rings is 1. The van der Waals surface area contributed by atoms with E-state index >= 15 is 0 Å². The van der Waals surface area contributed by atoms with Gasteiger partial charge in [-0.05, 0) is 37.8 Å². The molecule has 0 radical (unpaired) electrons. The molecule has 1 aliphatic heterocycles. The zero-order valence-corrected chi connectivity index (χ0v) is 16.3. The molecule has 1 atom stereocenters. The molecule has 2 fully saturated rings. The van der Waals surface area contributed by atoms with Crippen LogP contribution in [0.1, 0.15) is 44.2 Å². The van der Waals surface area contributed by atoms with Gasteiger partial charge in [0.1, 0.15) is 0 Å². The summed E-state index contributed by atoms with van der Waals surface area (Å²) in [5.41, 5.74) is 0.885. The number of pyridine rings is 1. The van der Waals surface area contributed by atoms with E-state index in [9.17, 15) is 13.2 Å². The Morgan fingerprint density at radius 1 is 1.23 bits per heavy atom. The topological polar surface area (TPSA) is 70.6 Å². The number of amides is 1. The molecular formula is C19H29N3O3S. The molecule has 3 rings (SSSR count). The Morgan fingerprint density at radius 2 is 2.00 bits per heavy atom. The first-order valence-electron chi connectivity index (χ1n) is 9.62. The Balaban J connectivity index is 1.59. The zero-order valence-electron chi connectivity index (χ0n) is 15.5. The minimum atomic E-state index is -3.41. The highest BCUT2D eigenvalue weighted by molar-refractivity contribution is 7.89. The lowest BCUT2D eigenvalue weighted by Crippen LogP contribution is -2.50. The number of hydrogen-bond donors (Lipinski definition) is 0. The standard InChI is InChI=1S/C19H29N3O3S/c1-21(14-11-17-9-4-5-12-20-17)26(24,25)18-10-6-13-22(15-18)19(23)16-7-2-3-8-16/h4-5,9,12,16,18H,2-3,6-8,10-11,13-15H2,1H3. The number of hydrogen-bond acceptors (Lipinski definition) is 4. The molecule has 2 aliphatic rings. The molecule has 7 heteroatoms. The van der Waals surface area contributed by atoms with E-state index in [0.717, 1.165) is 37.8 Å². The van der Waals surface area contributed by atoms with E-state index in [0.29, 0.717) is 32.5 Å². The fourth-order valence-electron chi connectivity index (χ4n) is 4.01. The largest absolute Gasteiger partial charge is 0.341 e. The molecule has 6 nitrogen and oxygen atoms in total. The van der Waals surface area contributed by atoms with E-state index in [4.69, 9.17) is 0 Å². The van der Waals surface area contributed by atoms with Gasteiger partial charge in [-0.15, -0.1) is 0 Å². The smallest absolute Gasteiger partial charge is 0.225 e. The molecular weight excluding hydrogens is 350 g/mol. The van der Waals surface area contributed by atoms with Crippen molar-refractivity contribution in [2.75, 3.05) is 26.7 Å². The molecule has 0 bridgehead atoms. The maximum absolute atomic E-state index is 13.0. The van der Waals surface area contributed by atoms with Gasteiger partial charge in [-0.3, -0.25) is 9.78 Å². The van der Waals surface area contributed by atoms with Crippen LogP contribution in [-0.4, -0.2) is 60.4 Å². The number of likely N-dealkylation sites (tertiary alicyclic amines) is 1. The Hall–Kier alpha value is -1.47. The maximum Gasteiger partial charge on any atom is 0.225 e. The van der Waals surface area contributed by atoms with Crippen LogP contribution in [0.4, 0.5) is 0 Å². The summed E-state index contributed by atoms with van der Waals surface area (Å²) in [5, 5.41) is -0.490. The number of nitrogens with zero attached hydrogens (tertiary/aromatic N) is 3. The van der Waals surface area contributed by atoms with Gasteiger partial charge >= 0.3 is 0 Å². The Kier molecular flexibility index (Phi) is 6.29. The zero-order chi connectivity index (χ0) is 18.6. The van der Waals surface area contributed by atoms with E-state index in [-0.39, 0.29) is 11.8 Å². The van der Waals surface area contributed by atoms with Gasteiger partial charge in [0.2, 0.25) is 15.9 Å². The SMILES string of the molecule is CN(CCc1ccccn1)S(=O)(=O)C1CCCN(C(=O)C2CCCC2)C1. The van der Waals surface area contributed by atoms with Crippen LogP contribution in [0.5, 0.6) is 0 Å². The molecule has 144 valence electrons. The first-order chi connectivity index (χ1) is 12.5. The van der Waals surface area contributed by atoms with Gasteiger partial charge in [0.05, 0.1) is 5.25 Å². The summed E-state index contributed by atoms with van der Waals surface area (Å²) < 4.78 is 27.4. The van der Waals surface area contributed by atoms with Crippen LogP contribution in [0.15, 0.2) is 24.4 Å². The fraction of sp³-hybridized carbons (Fsp3) is 0.684. The average molecular weight is 380 g/mol. The average Bonchev–Trinajstić information content (AvgIpc) is 3.21. The highest BCUT2D eigenvalue weighted by Crippen LogP contribution is 2.29. The molecule has 26 heavy (non-hydrogen) atoms. The second kappa shape index (κ2) is 8.48. The van der Waals surface area contributed by atoms with Crippen molar-refractivity contribution in [1.29, 1.82) is 0 Å². The molecule has 2 heterocycles. The van der Waals surface area contributed by atoms with E-state index in [1.165, 1.54) is 4.31 Å². The Morgan fingerprint density at radius 3 is 2.69 bits per heavy atom. The molecule has 1 amide bonds. The van der Waals surface area contributed by atoms with Gasteiger partial charge in [0, 0.05) is 50.9 Å². The quantitative estimate of drug-likeness (QED) is 0.759. The monoisotopic (exact) mass is 379 g/mol. The third-order valence-electron chi connectivity index (χ3n) is 5.66. The second-order valence-corrected chi connectivity index (χ2v) is 9.79. The van der Waals surface area contributed by atoms with Crippen LogP contribution in [0.3, 0.4) is 0 Å². The molecule has 1 aromatic heterocycles. The minimum absolute atomic E-state index is 0.110. The van der Waals surface area contributed by atoms with E-state index in [2.05, 4.69) is 4.98 Å². The van der Waals surface area contributed by atoms with Crippen LogP contribution in [0.2, 0.25) is 0 Å². The predicted molar refractivity (Wildman–Crippen MR) is 101 cm³/mol. The third-order valence-corrected chi connectivity index (χ3v) is 7.94. The summed E-state index contributed by atoms with van der Waals surface area (Å²) in [5.74, 6) is 0.275. The van der Waals surface area contributed by atoms with E-state index in [1.54, 1.807) is 18.1 Å². The van der Waals surface area contributed by atoms with Crippen LogP contribution >= 0.6 is 0 Å². The number of likely N-dealkylation sites (N-methyl/N-ethyl adjacent to an activating group) is 1. The molecule has 1 saturated carbocycles. The molecule has 1 unspecified atom stereocenters. The van der Waals surface area contributed by atoms with Gasteiger partial charge < -0.3 is 4.90 Å². The number of sulfonamides is 1. The Labute approximate surface area is 156 Å². The number of rotatable bonds is 6. The predicted octanol–water partition coefficient (Wildman–Crippen LogP) is 2.07. The summed E-state index contributed by atoms with van der Waals surface area (Å²) in [6.45, 7) is 1.44. The third kappa shape index (κ3) is 4.43. The molecule has 0 aromatic carbocycles. The van der Waals surface area contributed by atoms with Crippen LogP contribution in [-0.2, 0) is 21.2 Å². The van der Waals surface area contributed by atoms with Crippen molar-refractivity contribution < 1.29 is 13.2 Å². The first-order valence-corrected chi connectivity index (χ1v) is 11.1. The Bertz CT molecular complexity index is 702. The van der Waals surface area contributed by atoms with Gasteiger partial charge in [0.15, 0.2) is 0 Å². The van der Waals surface area contributed by atoms with Gasteiger partial charge in [-0.25, -0.2) is 12.7 Å². The van der Waals surface area contributed by atoms with Crippen molar-refractivity contribution in [3.63, 3.8) is 0 Å².